The van der Waals surface area contributed by atoms with Gasteiger partial charge in [0.25, 0.3) is 10.0 Å². The molecular formula is C10H11NO2S. The Hall–Kier alpha value is -1.51. The fourth-order valence-electron chi connectivity index (χ4n) is 0.957. The summed E-state index contributed by atoms with van der Waals surface area (Å²) in [4.78, 5) is 0.258. The van der Waals surface area contributed by atoms with Crippen LogP contribution in [0.3, 0.4) is 0 Å². The van der Waals surface area contributed by atoms with Gasteiger partial charge in [0, 0.05) is 7.05 Å². The number of rotatable bonds is 3. The standard InChI is InChI=1S/C10H11NO2S/c1-3-9-11(2)14(12,13)10-7-5-4-6-8-10/h4-9H,1H2,2H3. The molecule has 1 aromatic carbocycles. The largest absolute Gasteiger partial charge is 0.269 e. The molecule has 14 heavy (non-hydrogen) atoms. The zero-order valence-corrected chi connectivity index (χ0v) is 8.66. The molecule has 3 nitrogen and oxygen atoms in total. The summed E-state index contributed by atoms with van der Waals surface area (Å²) < 4.78 is 24.6. The molecule has 1 rings (SSSR count). The van der Waals surface area contributed by atoms with Crippen molar-refractivity contribution in [3.8, 4) is 0 Å². The van der Waals surface area contributed by atoms with Gasteiger partial charge in [-0.15, -0.1) is 5.73 Å². The number of nitrogens with zero attached hydrogens (tertiary/aromatic N) is 1. The first-order chi connectivity index (χ1) is 6.59. The Labute approximate surface area is 84.0 Å². The van der Waals surface area contributed by atoms with E-state index in [0.29, 0.717) is 0 Å². The van der Waals surface area contributed by atoms with Crippen LogP contribution in [0.2, 0.25) is 0 Å². The smallest absolute Gasteiger partial charge is 0.264 e. The van der Waals surface area contributed by atoms with Crippen molar-refractivity contribution in [1.82, 2.24) is 4.31 Å². The second-order valence-corrected chi connectivity index (χ2v) is 4.67. The highest BCUT2D eigenvalue weighted by Crippen LogP contribution is 2.12. The number of hydrogen-bond acceptors (Lipinski definition) is 2. The summed E-state index contributed by atoms with van der Waals surface area (Å²) in [6.45, 7) is 3.32. The van der Waals surface area contributed by atoms with E-state index in [4.69, 9.17) is 0 Å². The average Bonchev–Trinajstić information content (AvgIpc) is 2.19. The second-order valence-electron chi connectivity index (χ2n) is 2.67. The fourth-order valence-corrected chi connectivity index (χ4v) is 2.00. The van der Waals surface area contributed by atoms with Crippen molar-refractivity contribution in [3.63, 3.8) is 0 Å². The molecule has 1 aromatic rings. The number of benzene rings is 1. The monoisotopic (exact) mass is 209 g/mol. The maximum absolute atomic E-state index is 11.7. The highest BCUT2D eigenvalue weighted by Gasteiger charge is 2.16. The van der Waals surface area contributed by atoms with Gasteiger partial charge in [-0.25, -0.2) is 8.42 Å². The van der Waals surface area contributed by atoms with E-state index in [2.05, 4.69) is 12.3 Å². The summed E-state index contributed by atoms with van der Waals surface area (Å²) in [7, 11) is -1.98. The molecule has 0 bridgehead atoms. The van der Waals surface area contributed by atoms with Crippen molar-refractivity contribution in [2.45, 2.75) is 4.90 Å². The molecule has 0 saturated heterocycles. The zero-order chi connectivity index (χ0) is 10.6. The molecule has 0 heterocycles. The van der Waals surface area contributed by atoms with Crippen molar-refractivity contribution < 1.29 is 8.42 Å². The lowest BCUT2D eigenvalue weighted by molar-refractivity contribution is 0.539. The maximum Gasteiger partial charge on any atom is 0.264 e. The Balaban J connectivity index is 3.16. The highest BCUT2D eigenvalue weighted by molar-refractivity contribution is 7.89. The molecule has 0 saturated carbocycles. The van der Waals surface area contributed by atoms with Crippen molar-refractivity contribution in [3.05, 3.63) is 48.8 Å². The minimum atomic E-state index is -3.43. The van der Waals surface area contributed by atoms with Gasteiger partial charge in [-0.3, -0.25) is 4.31 Å². The van der Waals surface area contributed by atoms with E-state index >= 15 is 0 Å². The van der Waals surface area contributed by atoms with Gasteiger partial charge in [0.1, 0.15) is 0 Å². The van der Waals surface area contributed by atoms with Crippen LogP contribution in [0.5, 0.6) is 0 Å². The quantitative estimate of drug-likeness (QED) is 0.709. The third-order valence-corrected chi connectivity index (χ3v) is 3.42. The van der Waals surface area contributed by atoms with Crippen LogP contribution < -0.4 is 0 Å². The van der Waals surface area contributed by atoms with Gasteiger partial charge in [0.15, 0.2) is 0 Å². The SMILES string of the molecule is C=C=CN(C)S(=O)(=O)c1ccccc1. The molecule has 0 fully saturated rings. The first kappa shape index (κ1) is 10.6. The van der Waals surface area contributed by atoms with Gasteiger partial charge in [-0.2, -0.15) is 0 Å². The Morgan fingerprint density at radius 1 is 1.36 bits per heavy atom. The summed E-state index contributed by atoms with van der Waals surface area (Å²) >= 11 is 0. The normalized spacial score (nSPS) is 10.4. The van der Waals surface area contributed by atoms with Crippen molar-refractivity contribution >= 4 is 10.0 Å². The average molecular weight is 209 g/mol. The van der Waals surface area contributed by atoms with E-state index in [0.717, 1.165) is 4.31 Å². The predicted molar refractivity (Wildman–Crippen MR) is 55.1 cm³/mol. The van der Waals surface area contributed by atoms with Gasteiger partial charge >= 0.3 is 0 Å². The molecule has 0 unspecified atom stereocenters. The number of sulfonamides is 1. The van der Waals surface area contributed by atoms with Gasteiger partial charge in [-0.1, -0.05) is 24.8 Å². The van der Waals surface area contributed by atoms with Crippen molar-refractivity contribution in [2.75, 3.05) is 7.05 Å². The predicted octanol–water partition coefficient (Wildman–Crippen LogP) is 1.61. The third-order valence-electron chi connectivity index (χ3n) is 1.69. The van der Waals surface area contributed by atoms with Crippen molar-refractivity contribution in [2.24, 2.45) is 0 Å². The molecule has 4 heteroatoms. The Kier molecular flexibility index (Phi) is 3.12. The molecule has 0 amide bonds. The lowest BCUT2D eigenvalue weighted by atomic mass is 10.4. The zero-order valence-electron chi connectivity index (χ0n) is 7.84. The fraction of sp³-hybridized carbons (Fsp3) is 0.100. The molecular weight excluding hydrogens is 198 g/mol. The summed E-state index contributed by atoms with van der Waals surface area (Å²) in [5.74, 6) is 0. The van der Waals surface area contributed by atoms with Crippen LogP contribution in [0.4, 0.5) is 0 Å². The molecule has 0 radical (unpaired) electrons. The van der Waals surface area contributed by atoms with Crippen LogP contribution in [0.25, 0.3) is 0 Å². The maximum atomic E-state index is 11.7. The van der Waals surface area contributed by atoms with Gasteiger partial charge in [0.2, 0.25) is 0 Å². The van der Waals surface area contributed by atoms with Crippen LogP contribution in [0, 0.1) is 0 Å². The van der Waals surface area contributed by atoms with E-state index in [1.165, 1.54) is 13.2 Å². The Morgan fingerprint density at radius 2 is 1.93 bits per heavy atom. The van der Waals surface area contributed by atoms with Crippen molar-refractivity contribution in [1.29, 1.82) is 0 Å². The molecule has 0 aromatic heterocycles. The summed E-state index contributed by atoms with van der Waals surface area (Å²) in [5.41, 5.74) is 2.42. The van der Waals surface area contributed by atoms with E-state index in [1.807, 2.05) is 0 Å². The minimum absolute atomic E-state index is 0.258. The van der Waals surface area contributed by atoms with Crippen LogP contribution >= 0.6 is 0 Å². The van der Waals surface area contributed by atoms with E-state index in [-0.39, 0.29) is 4.90 Å². The Morgan fingerprint density at radius 3 is 2.43 bits per heavy atom. The van der Waals surface area contributed by atoms with Crippen LogP contribution in [0.1, 0.15) is 0 Å². The minimum Gasteiger partial charge on any atom is -0.269 e. The lowest BCUT2D eigenvalue weighted by Crippen LogP contribution is -2.20. The summed E-state index contributed by atoms with van der Waals surface area (Å²) in [6, 6.07) is 8.21. The molecule has 0 atom stereocenters. The molecule has 0 aliphatic rings. The Bertz CT molecular complexity index is 444. The topological polar surface area (TPSA) is 37.4 Å². The molecule has 0 aliphatic carbocycles. The summed E-state index contributed by atoms with van der Waals surface area (Å²) in [5, 5.41) is 0. The van der Waals surface area contributed by atoms with E-state index in [1.54, 1.807) is 30.3 Å². The first-order valence-electron chi connectivity index (χ1n) is 3.98. The van der Waals surface area contributed by atoms with E-state index < -0.39 is 10.0 Å². The second kappa shape index (κ2) is 4.13. The van der Waals surface area contributed by atoms with Crippen LogP contribution in [-0.4, -0.2) is 19.8 Å². The highest BCUT2D eigenvalue weighted by atomic mass is 32.2. The third kappa shape index (κ3) is 2.05. The number of hydrogen-bond donors (Lipinski definition) is 0. The van der Waals surface area contributed by atoms with Gasteiger partial charge < -0.3 is 0 Å². The summed E-state index contributed by atoms with van der Waals surface area (Å²) in [6.07, 6.45) is 1.28. The first-order valence-corrected chi connectivity index (χ1v) is 5.42. The van der Waals surface area contributed by atoms with Crippen LogP contribution in [-0.2, 0) is 10.0 Å². The lowest BCUT2D eigenvalue weighted by Gasteiger charge is -2.13. The molecule has 0 N–H and O–H groups in total. The molecule has 0 spiro atoms. The molecule has 74 valence electrons. The van der Waals surface area contributed by atoms with E-state index in [9.17, 15) is 8.42 Å². The molecule has 0 aliphatic heterocycles. The van der Waals surface area contributed by atoms with Gasteiger partial charge in [-0.05, 0) is 12.1 Å². The van der Waals surface area contributed by atoms with Crippen LogP contribution in [0.15, 0.2) is 53.7 Å². The van der Waals surface area contributed by atoms with Gasteiger partial charge in [0.05, 0.1) is 11.1 Å².